The van der Waals surface area contributed by atoms with E-state index < -0.39 is 10.7 Å². The van der Waals surface area contributed by atoms with Crippen LogP contribution >= 0.6 is 11.6 Å². The summed E-state index contributed by atoms with van der Waals surface area (Å²) in [6.45, 7) is 0. The number of nitrogens with zero attached hydrogens (tertiary/aromatic N) is 2. The number of nitro benzene ring substituents is 1. The number of hydrogen-bond acceptors (Lipinski definition) is 5. The Bertz CT molecular complexity index is 427. The Balaban J connectivity index is 2.99. The van der Waals surface area contributed by atoms with Crippen molar-refractivity contribution < 1.29 is 9.72 Å². The van der Waals surface area contributed by atoms with Crippen LogP contribution in [0.25, 0.3) is 0 Å². The minimum Gasteiger partial charge on any atom is -0.322 e. The number of benzene rings is 1. The minimum atomic E-state index is -0.575. The highest BCUT2D eigenvalue weighted by molar-refractivity contribution is 6.84. The van der Waals surface area contributed by atoms with Gasteiger partial charge in [-0.2, -0.15) is 5.10 Å². The summed E-state index contributed by atoms with van der Waals surface area (Å²) in [5.41, 5.74) is 0.0900. The molecule has 0 aliphatic rings. The molecule has 78 valence electrons. The van der Waals surface area contributed by atoms with Crippen molar-refractivity contribution in [2.24, 2.45) is 10.9 Å². The number of ketones is 1. The van der Waals surface area contributed by atoms with Crippen molar-refractivity contribution in [3.63, 3.8) is 0 Å². The van der Waals surface area contributed by atoms with Crippen molar-refractivity contribution in [1.29, 1.82) is 0 Å². The van der Waals surface area contributed by atoms with E-state index in [4.69, 9.17) is 17.4 Å². The molecule has 0 aromatic heterocycles. The number of rotatable bonds is 3. The van der Waals surface area contributed by atoms with Crippen LogP contribution in [0.5, 0.6) is 0 Å². The Morgan fingerprint density at radius 2 is 1.93 bits per heavy atom. The summed E-state index contributed by atoms with van der Waals surface area (Å²) in [5, 5.41) is 13.0. The van der Waals surface area contributed by atoms with Crippen molar-refractivity contribution >= 4 is 28.2 Å². The van der Waals surface area contributed by atoms with Crippen molar-refractivity contribution in [2.75, 3.05) is 0 Å². The van der Waals surface area contributed by atoms with Gasteiger partial charge in [0, 0.05) is 17.7 Å². The van der Waals surface area contributed by atoms with E-state index in [2.05, 4.69) is 5.10 Å². The smallest absolute Gasteiger partial charge is 0.269 e. The number of nitro groups is 1. The number of non-ortho nitro benzene ring substituents is 1. The Labute approximate surface area is 89.5 Å². The molecule has 7 heteroatoms. The van der Waals surface area contributed by atoms with E-state index in [0.717, 1.165) is 0 Å². The Kier molecular flexibility index (Phi) is 3.35. The summed E-state index contributed by atoms with van der Waals surface area (Å²) in [5.74, 6) is 4.24. The standard InChI is InChI=1S/C8H6ClN3O3/c9-8(11-10)7(13)5-1-3-6(4-2-5)12(14)15/h1-4H,10H2/b11-8-. The molecule has 0 bridgehead atoms. The summed E-state index contributed by atoms with van der Waals surface area (Å²) < 4.78 is 0. The summed E-state index contributed by atoms with van der Waals surface area (Å²) in [6, 6.07) is 4.98. The zero-order valence-electron chi connectivity index (χ0n) is 7.38. The molecule has 0 unspecified atom stereocenters. The van der Waals surface area contributed by atoms with Gasteiger partial charge in [0.05, 0.1) is 4.92 Å². The molecule has 0 radical (unpaired) electrons. The number of carbonyl (C=O) groups is 1. The number of hydrazone groups is 1. The van der Waals surface area contributed by atoms with Crippen LogP contribution in [0.4, 0.5) is 5.69 Å². The highest BCUT2D eigenvalue weighted by Gasteiger charge is 2.13. The predicted molar refractivity (Wildman–Crippen MR) is 54.9 cm³/mol. The van der Waals surface area contributed by atoms with Gasteiger partial charge in [0.2, 0.25) is 5.78 Å². The molecular weight excluding hydrogens is 222 g/mol. The molecule has 0 aliphatic carbocycles. The third kappa shape index (κ3) is 2.50. The van der Waals surface area contributed by atoms with Gasteiger partial charge in [-0.25, -0.2) is 0 Å². The maximum absolute atomic E-state index is 11.3. The monoisotopic (exact) mass is 227 g/mol. The zero-order chi connectivity index (χ0) is 11.4. The first-order valence-corrected chi connectivity index (χ1v) is 4.16. The van der Waals surface area contributed by atoms with Gasteiger partial charge in [0.1, 0.15) is 0 Å². The molecule has 0 amide bonds. The van der Waals surface area contributed by atoms with E-state index in [0.29, 0.717) is 0 Å². The van der Waals surface area contributed by atoms with Crippen molar-refractivity contribution in [2.45, 2.75) is 0 Å². The Morgan fingerprint density at radius 3 is 2.33 bits per heavy atom. The Hall–Kier alpha value is -1.95. The van der Waals surface area contributed by atoms with Crippen LogP contribution in [0.2, 0.25) is 0 Å². The fourth-order valence-corrected chi connectivity index (χ4v) is 1.02. The van der Waals surface area contributed by atoms with Crippen LogP contribution in [0.1, 0.15) is 10.4 Å². The topological polar surface area (TPSA) is 98.6 Å². The third-order valence-corrected chi connectivity index (χ3v) is 1.91. The molecule has 0 fully saturated rings. The molecule has 1 aromatic rings. The lowest BCUT2D eigenvalue weighted by Gasteiger charge is -1.96. The van der Waals surface area contributed by atoms with Gasteiger partial charge in [-0.1, -0.05) is 11.6 Å². The number of Topliss-reactive ketones (excluding diaryl/α,β-unsaturated/α-hetero) is 1. The average molecular weight is 228 g/mol. The highest BCUT2D eigenvalue weighted by atomic mass is 35.5. The molecule has 0 aliphatic heterocycles. The van der Waals surface area contributed by atoms with Gasteiger partial charge in [-0.05, 0) is 12.1 Å². The number of nitrogens with two attached hydrogens (primary N) is 1. The molecule has 1 rings (SSSR count). The lowest BCUT2D eigenvalue weighted by molar-refractivity contribution is -0.384. The first kappa shape index (κ1) is 11.1. The molecule has 1 aromatic carbocycles. The third-order valence-electron chi connectivity index (χ3n) is 1.64. The van der Waals surface area contributed by atoms with E-state index in [-0.39, 0.29) is 16.4 Å². The second-order valence-electron chi connectivity index (χ2n) is 2.55. The van der Waals surface area contributed by atoms with Gasteiger partial charge in [-0.15, -0.1) is 0 Å². The summed E-state index contributed by atoms with van der Waals surface area (Å²) in [7, 11) is 0. The highest BCUT2D eigenvalue weighted by Crippen LogP contribution is 2.13. The lowest BCUT2D eigenvalue weighted by Crippen LogP contribution is -2.09. The normalized spacial score (nSPS) is 11.1. The summed E-state index contributed by atoms with van der Waals surface area (Å²) in [4.78, 5) is 21.1. The molecule has 0 spiro atoms. The first-order chi connectivity index (χ1) is 7.06. The van der Waals surface area contributed by atoms with Crippen molar-refractivity contribution in [3.8, 4) is 0 Å². The van der Waals surface area contributed by atoms with Crippen molar-refractivity contribution in [1.82, 2.24) is 0 Å². The molecule has 0 saturated carbocycles. The van der Waals surface area contributed by atoms with Crippen LogP contribution in [0.15, 0.2) is 29.4 Å². The molecule has 15 heavy (non-hydrogen) atoms. The zero-order valence-corrected chi connectivity index (χ0v) is 8.14. The van der Waals surface area contributed by atoms with Crippen LogP contribution < -0.4 is 5.84 Å². The van der Waals surface area contributed by atoms with Gasteiger partial charge >= 0.3 is 0 Å². The molecule has 0 heterocycles. The maximum atomic E-state index is 11.3. The molecule has 0 atom stereocenters. The van der Waals surface area contributed by atoms with E-state index in [9.17, 15) is 14.9 Å². The lowest BCUT2D eigenvalue weighted by atomic mass is 10.1. The molecule has 0 saturated heterocycles. The quantitative estimate of drug-likeness (QED) is 0.276. The van der Waals surface area contributed by atoms with Crippen LogP contribution in [0.3, 0.4) is 0 Å². The fraction of sp³-hybridized carbons (Fsp3) is 0. The van der Waals surface area contributed by atoms with Crippen LogP contribution in [-0.2, 0) is 0 Å². The van der Waals surface area contributed by atoms with E-state index in [1.54, 1.807) is 0 Å². The predicted octanol–water partition coefficient (Wildman–Crippen LogP) is 1.29. The fourth-order valence-electron chi connectivity index (χ4n) is 0.912. The molecule has 6 nitrogen and oxygen atoms in total. The van der Waals surface area contributed by atoms with E-state index in [1.807, 2.05) is 0 Å². The first-order valence-electron chi connectivity index (χ1n) is 3.79. The van der Waals surface area contributed by atoms with E-state index in [1.165, 1.54) is 24.3 Å². The molecule has 2 N–H and O–H groups in total. The molecular formula is C8H6ClN3O3. The second kappa shape index (κ2) is 4.52. The Morgan fingerprint density at radius 1 is 1.40 bits per heavy atom. The summed E-state index contributed by atoms with van der Waals surface area (Å²) in [6.07, 6.45) is 0. The number of halogens is 1. The van der Waals surface area contributed by atoms with Crippen LogP contribution in [-0.4, -0.2) is 15.9 Å². The number of carbonyl (C=O) groups excluding carboxylic acids is 1. The van der Waals surface area contributed by atoms with Crippen molar-refractivity contribution in [3.05, 3.63) is 39.9 Å². The number of hydrogen-bond donors (Lipinski definition) is 1. The second-order valence-corrected chi connectivity index (χ2v) is 2.91. The minimum absolute atomic E-state index is 0.104. The van der Waals surface area contributed by atoms with Gasteiger partial charge in [0.25, 0.3) is 5.69 Å². The van der Waals surface area contributed by atoms with Gasteiger partial charge < -0.3 is 5.84 Å². The van der Waals surface area contributed by atoms with E-state index >= 15 is 0 Å². The van der Waals surface area contributed by atoms with Crippen LogP contribution in [0, 0.1) is 10.1 Å². The van der Waals surface area contributed by atoms with Gasteiger partial charge in [-0.3, -0.25) is 14.9 Å². The van der Waals surface area contributed by atoms with Gasteiger partial charge in [0.15, 0.2) is 5.17 Å². The SMILES string of the molecule is N/N=C(\Cl)C(=O)c1ccc([N+](=O)[O-])cc1. The average Bonchev–Trinajstić information content (AvgIpc) is 2.27. The maximum Gasteiger partial charge on any atom is 0.269 e. The summed E-state index contributed by atoms with van der Waals surface area (Å²) >= 11 is 5.39. The largest absolute Gasteiger partial charge is 0.322 e.